The van der Waals surface area contributed by atoms with Crippen molar-refractivity contribution in [3.8, 4) is 5.75 Å². The zero-order chi connectivity index (χ0) is 18.9. The highest BCUT2D eigenvalue weighted by Gasteiger charge is 2.45. The molecule has 1 saturated heterocycles. The Kier molecular flexibility index (Phi) is 5.60. The Hall–Kier alpha value is -1.19. The SMILES string of the molecule is CN1CCN(C2Oc3ccc(CCCNS(=O)(=O)O)cc3C2(C)C)CC1. The molecule has 146 valence electrons. The highest BCUT2D eigenvalue weighted by Crippen LogP contribution is 2.44. The van der Waals surface area contributed by atoms with Crippen LogP contribution in [0.1, 0.15) is 31.4 Å². The van der Waals surface area contributed by atoms with Gasteiger partial charge in [0.1, 0.15) is 5.75 Å². The van der Waals surface area contributed by atoms with Crippen molar-refractivity contribution in [3.63, 3.8) is 0 Å². The lowest BCUT2D eigenvalue weighted by molar-refractivity contribution is -0.0257. The maximum absolute atomic E-state index is 10.7. The second kappa shape index (κ2) is 7.44. The molecule has 0 spiro atoms. The number of aryl methyl sites for hydroxylation is 1. The van der Waals surface area contributed by atoms with Crippen molar-refractivity contribution in [2.45, 2.75) is 38.3 Å². The van der Waals surface area contributed by atoms with Gasteiger partial charge in [0.2, 0.25) is 0 Å². The number of piperazine rings is 1. The molecule has 1 fully saturated rings. The largest absolute Gasteiger partial charge is 0.474 e. The van der Waals surface area contributed by atoms with Gasteiger partial charge in [-0.1, -0.05) is 26.0 Å². The molecule has 3 rings (SSSR count). The third kappa shape index (κ3) is 4.37. The normalized spacial score (nSPS) is 23.6. The highest BCUT2D eigenvalue weighted by atomic mass is 32.2. The summed E-state index contributed by atoms with van der Waals surface area (Å²) in [5.41, 5.74) is 2.26. The molecule has 26 heavy (non-hydrogen) atoms. The first kappa shape index (κ1) is 19.6. The van der Waals surface area contributed by atoms with Crippen molar-refractivity contribution in [2.24, 2.45) is 0 Å². The van der Waals surface area contributed by atoms with Gasteiger partial charge in [-0.3, -0.25) is 9.45 Å². The van der Waals surface area contributed by atoms with Gasteiger partial charge in [-0.05, 0) is 31.5 Å². The molecule has 0 saturated carbocycles. The van der Waals surface area contributed by atoms with E-state index in [2.05, 4.69) is 41.5 Å². The second-order valence-corrected chi connectivity index (χ2v) is 9.07. The van der Waals surface area contributed by atoms with Crippen molar-refractivity contribution in [3.05, 3.63) is 29.3 Å². The van der Waals surface area contributed by atoms with E-state index in [-0.39, 0.29) is 18.2 Å². The van der Waals surface area contributed by atoms with E-state index in [1.165, 1.54) is 5.56 Å². The summed E-state index contributed by atoms with van der Waals surface area (Å²) >= 11 is 0. The molecule has 0 radical (unpaired) electrons. The summed E-state index contributed by atoms with van der Waals surface area (Å²) < 4.78 is 38.5. The van der Waals surface area contributed by atoms with Crippen LogP contribution in [0.5, 0.6) is 5.75 Å². The molecule has 2 aliphatic rings. The summed E-state index contributed by atoms with van der Waals surface area (Å²) in [6, 6.07) is 6.24. The number of nitrogens with one attached hydrogen (secondary N) is 1. The molecule has 0 aromatic heterocycles. The number of ether oxygens (including phenoxy) is 1. The van der Waals surface area contributed by atoms with Crippen LogP contribution in [0.3, 0.4) is 0 Å². The predicted octanol–water partition coefficient (Wildman–Crippen LogP) is 1.26. The molecule has 1 atom stereocenters. The van der Waals surface area contributed by atoms with Crippen molar-refractivity contribution in [2.75, 3.05) is 39.8 Å². The number of hydrogen-bond donors (Lipinski definition) is 2. The average molecular weight is 384 g/mol. The molecule has 1 aromatic carbocycles. The summed E-state index contributed by atoms with van der Waals surface area (Å²) in [6.45, 7) is 8.80. The minimum Gasteiger partial charge on any atom is -0.474 e. The Morgan fingerprint density at radius 3 is 2.62 bits per heavy atom. The molecule has 2 heterocycles. The van der Waals surface area contributed by atoms with Crippen LogP contribution in [0.2, 0.25) is 0 Å². The molecule has 1 unspecified atom stereocenters. The van der Waals surface area contributed by atoms with E-state index in [1.54, 1.807) is 0 Å². The molecule has 0 aliphatic carbocycles. The van der Waals surface area contributed by atoms with Gasteiger partial charge in [-0.2, -0.15) is 13.1 Å². The summed E-state index contributed by atoms with van der Waals surface area (Å²) in [4.78, 5) is 4.76. The lowest BCUT2D eigenvalue weighted by Gasteiger charge is -2.40. The number of rotatable bonds is 6. The molecule has 8 heteroatoms. The summed E-state index contributed by atoms with van der Waals surface area (Å²) in [5.74, 6) is 0.943. The predicted molar refractivity (Wildman–Crippen MR) is 101 cm³/mol. The number of hydrogen-bond acceptors (Lipinski definition) is 5. The smallest absolute Gasteiger partial charge is 0.333 e. The van der Waals surface area contributed by atoms with Gasteiger partial charge < -0.3 is 9.64 Å². The van der Waals surface area contributed by atoms with Gasteiger partial charge >= 0.3 is 10.3 Å². The van der Waals surface area contributed by atoms with Gasteiger partial charge in [-0.25, -0.2) is 0 Å². The lowest BCUT2D eigenvalue weighted by Crippen LogP contribution is -2.55. The maximum atomic E-state index is 10.7. The third-order valence-electron chi connectivity index (χ3n) is 5.39. The van der Waals surface area contributed by atoms with E-state index in [0.29, 0.717) is 6.42 Å². The van der Waals surface area contributed by atoms with Gasteiger partial charge in [0, 0.05) is 43.7 Å². The van der Waals surface area contributed by atoms with E-state index >= 15 is 0 Å². The fourth-order valence-corrected chi connectivity index (χ4v) is 4.22. The fraction of sp³-hybridized carbons (Fsp3) is 0.667. The van der Waals surface area contributed by atoms with Crippen LogP contribution in [-0.4, -0.2) is 68.8 Å². The summed E-state index contributed by atoms with van der Waals surface area (Å²) in [5, 5.41) is 0. The Bertz CT molecular complexity index is 743. The Labute approximate surface area is 156 Å². The first-order valence-electron chi connectivity index (χ1n) is 9.11. The van der Waals surface area contributed by atoms with Crippen LogP contribution in [-0.2, 0) is 22.1 Å². The fourth-order valence-electron chi connectivity index (χ4n) is 3.82. The lowest BCUT2D eigenvalue weighted by atomic mass is 9.82. The van der Waals surface area contributed by atoms with Crippen LogP contribution >= 0.6 is 0 Å². The van der Waals surface area contributed by atoms with E-state index in [1.807, 2.05) is 12.1 Å². The van der Waals surface area contributed by atoms with E-state index < -0.39 is 10.3 Å². The summed E-state index contributed by atoms with van der Waals surface area (Å²) in [7, 11) is -1.96. The van der Waals surface area contributed by atoms with Crippen LogP contribution in [0.15, 0.2) is 18.2 Å². The zero-order valence-electron chi connectivity index (χ0n) is 15.7. The third-order valence-corrected chi connectivity index (χ3v) is 5.96. The molecule has 2 aliphatic heterocycles. The molecule has 0 bridgehead atoms. The van der Waals surface area contributed by atoms with Crippen LogP contribution in [0, 0.1) is 0 Å². The molecule has 7 nitrogen and oxygen atoms in total. The summed E-state index contributed by atoms with van der Waals surface area (Å²) in [6.07, 6.45) is 1.41. The van der Waals surface area contributed by atoms with Gasteiger partial charge in [-0.15, -0.1) is 0 Å². The van der Waals surface area contributed by atoms with E-state index in [0.717, 1.165) is 43.9 Å². The van der Waals surface area contributed by atoms with E-state index in [9.17, 15) is 8.42 Å². The van der Waals surface area contributed by atoms with Gasteiger partial charge in [0.25, 0.3) is 0 Å². The number of likely N-dealkylation sites (N-methyl/N-ethyl adjacent to an activating group) is 1. The first-order valence-corrected chi connectivity index (χ1v) is 10.6. The van der Waals surface area contributed by atoms with Crippen molar-refractivity contribution in [1.82, 2.24) is 14.5 Å². The molecule has 1 aromatic rings. The van der Waals surface area contributed by atoms with Crippen LogP contribution in [0.4, 0.5) is 0 Å². The standard InChI is InChI=1S/C18H29N3O4S/c1-18(2)15-13-14(5-4-8-19-26(22,23)24)6-7-16(15)25-17(18)21-11-9-20(3)10-12-21/h6-7,13,17,19H,4-5,8-12H2,1-3H3,(H,22,23,24). The van der Waals surface area contributed by atoms with Crippen molar-refractivity contribution >= 4 is 10.3 Å². The highest BCUT2D eigenvalue weighted by molar-refractivity contribution is 7.83. The van der Waals surface area contributed by atoms with Crippen molar-refractivity contribution < 1.29 is 17.7 Å². The van der Waals surface area contributed by atoms with Gasteiger partial charge in [0.05, 0.1) is 0 Å². The van der Waals surface area contributed by atoms with Crippen LogP contribution in [0.25, 0.3) is 0 Å². The quantitative estimate of drug-likeness (QED) is 0.568. The monoisotopic (exact) mass is 383 g/mol. The first-order chi connectivity index (χ1) is 12.2. The average Bonchev–Trinajstić information content (AvgIpc) is 2.83. The number of fused-ring (bicyclic) bond motifs is 1. The molecular weight excluding hydrogens is 354 g/mol. The number of nitrogens with zero attached hydrogens (tertiary/aromatic N) is 2. The zero-order valence-corrected chi connectivity index (χ0v) is 16.6. The van der Waals surface area contributed by atoms with E-state index in [4.69, 9.17) is 9.29 Å². The molecular formula is C18H29N3O4S. The Morgan fingerprint density at radius 2 is 1.96 bits per heavy atom. The van der Waals surface area contributed by atoms with Gasteiger partial charge in [0.15, 0.2) is 6.23 Å². The van der Waals surface area contributed by atoms with Crippen LogP contribution < -0.4 is 9.46 Å². The Balaban J connectivity index is 1.66. The molecule has 0 amide bonds. The second-order valence-electron chi connectivity index (χ2n) is 7.83. The Morgan fingerprint density at radius 1 is 1.27 bits per heavy atom. The maximum Gasteiger partial charge on any atom is 0.333 e. The topological polar surface area (TPSA) is 82.1 Å². The van der Waals surface area contributed by atoms with Crippen molar-refractivity contribution in [1.29, 1.82) is 0 Å². The number of benzene rings is 1. The molecule has 2 N–H and O–H groups in total. The minimum atomic E-state index is -4.11. The minimum absolute atomic E-state index is 0.0441.